The highest BCUT2D eigenvalue weighted by atomic mass is 32.2. The van der Waals surface area contributed by atoms with Gasteiger partial charge in [-0.2, -0.15) is 11.8 Å². The summed E-state index contributed by atoms with van der Waals surface area (Å²) in [7, 11) is 0. The van der Waals surface area contributed by atoms with Crippen LogP contribution in [0.1, 0.15) is 23.7 Å². The van der Waals surface area contributed by atoms with Crippen LogP contribution in [0.2, 0.25) is 0 Å². The first-order valence-electron chi connectivity index (χ1n) is 5.95. The molecule has 1 aromatic heterocycles. The topological polar surface area (TPSA) is 57.8 Å². The first-order valence-corrected chi connectivity index (χ1v) is 7.23. The molecule has 5 heteroatoms. The predicted octanol–water partition coefficient (Wildman–Crippen LogP) is 2.43. The fourth-order valence-electron chi connectivity index (χ4n) is 1.69. The second-order valence-corrected chi connectivity index (χ2v) is 5.50. The van der Waals surface area contributed by atoms with Crippen LogP contribution in [-0.2, 0) is 0 Å². The summed E-state index contributed by atoms with van der Waals surface area (Å²) in [6.07, 6.45) is 4.70. The molecule has 96 valence electrons. The molecule has 1 aromatic carbocycles. The van der Waals surface area contributed by atoms with E-state index in [9.17, 15) is 4.79 Å². The van der Waals surface area contributed by atoms with Gasteiger partial charge in [-0.05, 0) is 30.9 Å². The first kappa shape index (κ1) is 13.0. The normalized spacial score (nSPS) is 12.6. The fourth-order valence-corrected chi connectivity index (χ4v) is 2.04. The van der Waals surface area contributed by atoms with E-state index in [1.165, 1.54) is 0 Å². The van der Waals surface area contributed by atoms with Gasteiger partial charge in [0.05, 0.1) is 17.4 Å². The summed E-state index contributed by atoms with van der Waals surface area (Å²) in [5.74, 6) is -0.0280. The average molecular weight is 263 g/mol. The fraction of sp³-hybridized carbons (Fsp3) is 0.385. The average Bonchev–Trinajstić information content (AvgIpc) is 2.85. The van der Waals surface area contributed by atoms with Crippen molar-refractivity contribution in [3.63, 3.8) is 0 Å². The number of aromatic nitrogens is 2. The number of nitrogens with one attached hydrogen (secondary N) is 2. The third-order valence-electron chi connectivity index (χ3n) is 2.92. The molecule has 2 rings (SSSR count). The highest BCUT2D eigenvalue weighted by molar-refractivity contribution is 7.99. The Kier molecular flexibility index (Phi) is 4.25. The van der Waals surface area contributed by atoms with Crippen LogP contribution in [0.15, 0.2) is 24.5 Å². The largest absolute Gasteiger partial charge is 0.352 e. The number of rotatable bonds is 5. The van der Waals surface area contributed by atoms with E-state index < -0.39 is 0 Å². The van der Waals surface area contributed by atoms with Crippen molar-refractivity contribution >= 4 is 28.7 Å². The summed E-state index contributed by atoms with van der Waals surface area (Å²) in [6.45, 7) is 2.87. The monoisotopic (exact) mass is 263 g/mol. The Balaban J connectivity index is 1.95. The number of fused-ring (bicyclic) bond motifs is 1. The molecule has 0 saturated heterocycles. The molecular formula is C13H17N3OS. The van der Waals surface area contributed by atoms with Crippen molar-refractivity contribution in [2.45, 2.75) is 18.6 Å². The van der Waals surface area contributed by atoms with E-state index in [4.69, 9.17) is 0 Å². The smallest absolute Gasteiger partial charge is 0.251 e. The second-order valence-electron chi connectivity index (χ2n) is 4.23. The highest BCUT2D eigenvalue weighted by Gasteiger charge is 2.07. The zero-order valence-electron chi connectivity index (χ0n) is 10.6. The summed E-state index contributed by atoms with van der Waals surface area (Å²) >= 11 is 1.81. The third kappa shape index (κ3) is 3.04. The Bertz CT molecular complexity index is 538. The molecule has 0 aliphatic rings. The van der Waals surface area contributed by atoms with Gasteiger partial charge in [-0.25, -0.2) is 4.98 Å². The maximum Gasteiger partial charge on any atom is 0.251 e. The molecule has 0 fully saturated rings. The molecule has 0 bridgehead atoms. The lowest BCUT2D eigenvalue weighted by molar-refractivity contribution is 0.0953. The lowest BCUT2D eigenvalue weighted by Crippen LogP contribution is -2.25. The van der Waals surface area contributed by atoms with Gasteiger partial charge in [-0.15, -0.1) is 0 Å². The quantitative estimate of drug-likeness (QED) is 0.871. The number of hydrogen-bond acceptors (Lipinski definition) is 3. The molecule has 1 heterocycles. The molecule has 0 spiro atoms. The van der Waals surface area contributed by atoms with Gasteiger partial charge in [-0.3, -0.25) is 4.79 Å². The molecule has 1 amide bonds. The summed E-state index contributed by atoms with van der Waals surface area (Å²) < 4.78 is 0. The molecule has 2 aromatic rings. The van der Waals surface area contributed by atoms with Gasteiger partial charge >= 0.3 is 0 Å². The molecule has 18 heavy (non-hydrogen) atoms. The SMILES string of the molecule is CSC(C)CCNC(=O)c1ccc2nc[nH]c2c1. The van der Waals surface area contributed by atoms with E-state index in [0.29, 0.717) is 17.4 Å². The van der Waals surface area contributed by atoms with E-state index in [2.05, 4.69) is 28.5 Å². The third-order valence-corrected chi connectivity index (χ3v) is 3.96. The molecule has 0 aliphatic heterocycles. The molecule has 0 saturated carbocycles. The number of benzene rings is 1. The van der Waals surface area contributed by atoms with Crippen molar-refractivity contribution in [2.24, 2.45) is 0 Å². The molecule has 1 unspecified atom stereocenters. The standard InChI is InChI=1S/C13H17N3OS/c1-9(18-2)5-6-14-13(17)10-3-4-11-12(7-10)16-8-15-11/h3-4,7-9H,5-6H2,1-2H3,(H,14,17)(H,15,16). The molecule has 0 radical (unpaired) electrons. The lowest BCUT2D eigenvalue weighted by atomic mass is 10.2. The molecule has 1 atom stereocenters. The van der Waals surface area contributed by atoms with E-state index in [-0.39, 0.29) is 5.91 Å². The minimum absolute atomic E-state index is 0.0280. The Morgan fingerprint density at radius 3 is 3.17 bits per heavy atom. The maximum atomic E-state index is 11.9. The van der Waals surface area contributed by atoms with Crippen LogP contribution in [0.25, 0.3) is 11.0 Å². The minimum Gasteiger partial charge on any atom is -0.352 e. The van der Waals surface area contributed by atoms with Crippen LogP contribution in [0.4, 0.5) is 0 Å². The van der Waals surface area contributed by atoms with Gasteiger partial charge in [0.25, 0.3) is 5.91 Å². The van der Waals surface area contributed by atoms with Crippen LogP contribution in [0, 0.1) is 0 Å². The van der Waals surface area contributed by atoms with Crippen LogP contribution in [0.5, 0.6) is 0 Å². The van der Waals surface area contributed by atoms with Gasteiger partial charge in [0.1, 0.15) is 0 Å². The number of nitrogens with zero attached hydrogens (tertiary/aromatic N) is 1. The summed E-state index contributed by atoms with van der Waals surface area (Å²) in [6, 6.07) is 5.48. The van der Waals surface area contributed by atoms with E-state index >= 15 is 0 Å². The van der Waals surface area contributed by atoms with Crippen molar-refractivity contribution in [1.82, 2.24) is 15.3 Å². The zero-order valence-corrected chi connectivity index (χ0v) is 11.4. The van der Waals surface area contributed by atoms with E-state index in [0.717, 1.165) is 17.5 Å². The molecular weight excluding hydrogens is 246 g/mol. The van der Waals surface area contributed by atoms with Crippen molar-refractivity contribution in [3.05, 3.63) is 30.1 Å². The lowest BCUT2D eigenvalue weighted by Gasteiger charge is -2.09. The number of aromatic amines is 1. The van der Waals surface area contributed by atoms with Crippen molar-refractivity contribution in [2.75, 3.05) is 12.8 Å². The number of hydrogen-bond donors (Lipinski definition) is 2. The highest BCUT2D eigenvalue weighted by Crippen LogP contribution is 2.12. The van der Waals surface area contributed by atoms with Gasteiger partial charge in [-0.1, -0.05) is 6.92 Å². The zero-order chi connectivity index (χ0) is 13.0. The van der Waals surface area contributed by atoms with Crippen LogP contribution in [-0.4, -0.2) is 33.9 Å². The van der Waals surface area contributed by atoms with Crippen molar-refractivity contribution in [1.29, 1.82) is 0 Å². The van der Waals surface area contributed by atoms with Crippen molar-refractivity contribution < 1.29 is 4.79 Å². The minimum atomic E-state index is -0.0280. The number of imidazole rings is 1. The second kappa shape index (κ2) is 5.91. The van der Waals surface area contributed by atoms with Crippen LogP contribution < -0.4 is 5.32 Å². The maximum absolute atomic E-state index is 11.9. The molecule has 0 aliphatic carbocycles. The molecule has 2 N–H and O–H groups in total. The van der Waals surface area contributed by atoms with E-state index in [1.807, 2.05) is 23.9 Å². The van der Waals surface area contributed by atoms with Gasteiger partial charge in [0.15, 0.2) is 0 Å². The molecule has 4 nitrogen and oxygen atoms in total. The predicted molar refractivity (Wildman–Crippen MR) is 76.0 cm³/mol. The van der Waals surface area contributed by atoms with Crippen LogP contribution >= 0.6 is 11.8 Å². The summed E-state index contributed by atoms with van der Waals surface area (Å²) in [4.78, 5) is 19.1. The van der Waals surface area contributed by atoms with Gasteiger partial charge < -0.3 is 10.3 Å². The number of H-pyrrole nitrogens is 1. The number of carbonyl (C=O) groups is 1. The Morgan fingerprint density at radius 1 is 1.56 bits per heavy atom. The first-order chi connectivity index (χ1) is 8.70. The summed E-state index contributed by atoms with van der Waals surface area (Å²) in [5, 5.41) is 3.50. The van der Waals surface area contributed by atoms with Gasteiger partial charge in [0.2, 0.25) is 0 Å². The van der Waals surface area contributed by atoms with Gasteiger partial charge in [0, 0.05) is 17.4 Å². The summed E-state index contributed by atoms with van der Waals surface area (Å²) in [5.41, 5.74) is 2.44. The number of thioether (sulfide) groups is 1. The van der Waals surface area contributed by atoms with E-state index in [1.54, 1.807) is 12.4 Å². The Morgan fingerprint density at radius 2 is 2.39 bits per heavy atom. The van der Waals surface area contributed by atoms with Crippen molar-refractivity contribution in [3.8, 4) is 0 Å². The number of amides is 1. The number of carbonyl (C=O) groups excluding carboxylic acids is 1. The Hall–Kier alpha value is -1.49. The Labute approximate surface area is 111 Å². The van der Waals surface area contributed by atoms with Crippen LogP contribution in [0.3, 0.4) is 0 Å².